The maximum atomic E-state index is 3.62. The standard InChI is InChI=1S/C16H24Br2N2/c1-12(2)3-4-16(20-7-5-19-6-8-20)13-9-14(17)11-15(18)10-13/h9-12,16,19H,3-8H2,1-2H3/t16-/m0/s1. The summed E-state index contributed by atoms with van der Waals surface area (Å²) in [6.07, 6.45) is 2.51. The second kappa shape index (κ2) is 7.92. The fourth-order valence-corrected chi connectivity index (χ4v) is 4.14. The Labute approximate surface area is 139 Å². The lowest BCUT2D eigenvalue weighted by molar-refractivity contribution is 0.159. The number of halogens is 2. The molecule has 0 saturated carbocycles. The molecule has 0 aromatic heterocycles. The van der Waals surface area contributed by atoms with E-state index >= 15 is 0 Å². The smallest absolute Gasteiger partial charge is 0.0350 e. The fourth-order valence-electron chi connectivity index (χ4n) is 2.81. The molecule has 1 N–H and O–H groups in total. The number of hydrogen-bond acceptors (Lipinski definition) is 2. The molecule has 2 rings (SSSR count). The van der Waals surface area contributed by atoms with Gasteiger partial charge in [-0.05, 0) is 42.5 Å². The van der Waals surface area contributed by atoms with Crippen molar-refractivity contribution in [2.45, 2.75) is 32.7 Å². The molecule has 20 heavy (non-hydrogen) atoms. The molecule has 1 aliphatic heterocycles. The summed E-state index contributed by atoms with van der Waals surface area (Å²) in [7, 11) is 0. The third-order valence-corrected chi connectivity index (χ3v) is 4.80. The third kappa shape index (κ3) is 4.83. The Morgan fingerprint density at radius 3 is 2.20 bits per heavy atom. The molecule has 112 valence electrons. The SMILES string of the molecule is CC(C)CC[C@@H](c1cc(Br)cc(Br)c1)N1CCNCC1. The maximum Gasteiger partial charge on any atom is 0.0350 e. The topological polar surface area (TPSA) is 15.3 Å². The highest BCUT2D eigenvalue weighted by Crippen LogP contribution is 2.31. The first-order chi connectivity index (χ1) is 9.56. The van der Waals surface area contributed by atoms with Gasteiger partial charge in [0.05, 0.1) is 0 Å². The molecule has 2 nitrogen and oxygen atoms in total. The van der Waals surface area contributed by atoms with E-state index in [1.54, 1.807) is 0 Å². The van der Waals surface area contributed by atoms with Crippen LogP contribution in [0.15, 0.2) is 27.1 Å². The van der Waals surface area contributed by atoms with E-state index in [0.29, 0.717) is 6.04 Å². The highest BCUT2D eigenvalue weighted by atomic mass is 79.9. The van der Waals surface area contributed by atoms with Crippen LogP contribution in [-0.2, 0) is 0 Å². The van der Waals surface area contributed by atoms with Gasteiger partial charge in [-0.2, -0.15) is 0 Å². The van der Waals surface area contributed by atoms with Crippen molar-refractivity contribution in [3.63, 3.8) is 0 Å². The zero-order valence-corrected chi connectivity index (χ0v) is 15.5. The summed E-state index contributed by atoms with van der Waals surface area (Å²) in [6.45, 7) is 9.12. The molecule has 0 spiro atoms. The van der Waals surface area contributed by atoms with E-state index in [1.807, 2.05) is 0 Å². The van der Waals surface area contributed by atoms with Crippen LogP contribution in [0.2, 0.25) is 0 Å². The largest absolute Gasteiger partial charge is 0.314 e. The van der Waals surface area contributed by atoms with Crippen LogP contribution in [0.3, 0.4) is 0 Å². The fraction of sp³-hybridized carbons (Fsp3) is 0.625. The molecule has 0 bridgehead atoms. The van der Waals surface area contributed by atoms with Gasteiger partial charge in [0, 0.05) is 41.2 Å². The Hall–Kier alpha value is 0.1000. The first-order valence-corrected chi connectivity index (χ1v) is 9.05. The Morgan fingerprint density at radius 1 is 1.05 bits per heavy atom. The molecule has 0 aliphatic carbocycles. The van der Waals surface area contributed by atoms with Crippen LogP contribution in [0.5, 0.6) is 0 Å². The minimum Gasteiger partial charge on any atom is -0.314 e. The molecular weight excluding hydrogens is 380 g/mol. The van der Waals surface area contributed by atoms with E-state index in [0.717, 1.165) is 41.0 Å². The molecule has 1 fully saturated rings. The first-order valence-electron chi connectivity index (χ1n) is 7.47. The van der Waals surface area contributed by atoms with Gasteiger partial charge in [-0.25, -0.2) is 0 Å². The molecule has 1 aliphatic rings. The number of nitrogens with zero attached hydrogens (tertiary/aromatic N) is 1. The summed E-state index contributed by atoms with van der Waals surface area (Å²) in [5.41, 5.74) is 1.42. The molecule has 1 aromatic rings. The Bertz CT molecular complexity index is 408. The zero-order chi connectivity index (χ0) is 14.5. The van der Waals surface area contributed by atoms with Crippen molar-refractivity contribution in [3.8, 4) is 0 Å². The molecule has 4 heteroatoms. The highest BCUT2D eigenvalue weighted by Gasteiger charge is 2.22. The quantitative estimate of drug-likeness (QED) is 0.772. The van der Waals surface area contributed by atoms with Crippen LogP contribution in [-0.4, -0.2) is 31.1 Å². The summed E-state index contributed by atoms with van der Waals surface area (Å²) >= 11 is 7.25. The van der Waals surface area contributed by atoms with Crippen molar-refractivity contribution in [1.29, 1.82) is 0 Å². The van der Waals surface area contributed by atoms with Gasteiger partial charge in [0.25, 0.3) is 0 Å². The van der Waals surface area contributed by atoms with E-state index in [9.17, 15) is 0 Å². The molecule has 1 saturated heterocycles. The monoisotopic (exact) mass is 402 g/mol. The zero-order valence-electron chi connectivity index (χ0n) is 12.3. The second-order valence-corrected chi connectivity index (χ2v) is 7.81. The van der Waals surface area contributed by atoms with Crippen LogP contribution >= 0.6 is 31.9 Å². The first kappa shape index (κ1) is 16.5. The average molecular weight is 404 g/mol. The van der Waals surface area contributed by atoms with E-state index in [4.69, 9.17) is 0 Å². The van der Waals surface area contributed by atoms with E-state index in [-0.39, 0.29) is 0 Å². The summed E-state index contributed by atoms with van der Waals surface area (Å²) < 4.78 is 2.32. The van der Waals surface area contributed by atoms with Crippen molar-refractivity contribution in [2.24, 2.45) is 5.92 Å². The van der Waals surface area contributed by atoms with Crippen molar-refractivity contribution >= 4 is 31.9 Å². The van der Waals surface area contributed by atoms with Gasteiger partial charge in [-0.1, -0.05) is 45.7 Å². The Morgan fingerprint density at radius 2 is 1.65 bits per heavy atom. The van der Waals surface area contributed by atoms with Gasteiger partial charge < -0.3 is 5.32 Å². The summed E-state index contributed by atoms with van der Waals surface area (Å²) in [5, 5.41) is 3.45. The lowest BCUT2D eigenvalue weighted by atomic mass is 9.96. The summed E-state index contributed by atoms with van der Waals surface area (Å²) in [6, 6.07) is 7.20. The highest BCUT2D eigenvalue weighted by molar-refractivity contribution is 9.11. The predicted octanol–water partition coefficient (Wildman–Crippen LogP) is 4.59. The lowest BCUT2D eigenvalue weighted by Crippen LogP contribution is -2.45. The van der Waals surface area contributed by atoms with Gasteiger partial charge in [0.2, 0.25) is 0 Å². The van der Waals surface area contributed by atoms with Crippen LogP contribution in [0.25, 0.3) is 0 Å². The van der Waals surface area contributed by atoms with Crippen molar-refractivity contribution in [1.82, 2.24) is 10.2 Å². The van der Waals surface area contributed by atoms with Crippen molar-refractivity contribution in [3.05, 3.63) is 32.7 Å². The van der Waals surface area contributed by atoms with Gasteiger partial charge in [-0.15, -0.1) is 0 Å². The minimum atomic E-state index is 0.535. The number of piperazine rings is 1. The van der Waals surface area contributed by atoms with Crippen LogP contribution in [0.4, 0.5) is 0 Å². The van der Waals surface area contributed by atoms with Crippen LogP contribution < -0.4 is 5.32 Å². The number of hydrogen-bond donors (Lipinski definition) is 1. The van der Waals surface area contributed by atoms with Crippen LogP contribution in [0.1, 0.15) is 38.3 Å². The van der Waals surface area contributed by atoms with Crippen molar-refractivity contribution in [2.75, 3.05) is 26.2 Å². The van der Waals surface area contributed by atoms with Crippen molar-refractivity contribution < 1.29 is 0 Å². The lowest BCUT2D eigenvalue weighted by Gasteiger charge is -2.36. The minimum absolute atomic E-state index is 0.535. The van der Waals surface area contributed by atoms with Gasteiger partial charge >= 0.3 is 0 Å². The predicted molar refractivity (Wildman–Crippen MR) is 93.1 cm³/mol. The molecule has 1 atom stereocenters. The summed E-state index contributed by atoms with van der Waals surface area (Å²) in [5.74, 6) is 0.760. The third-order valence-electron chi connectivity index (χ3n) is 3.88. The maximum absolute atomic E-state index is 3.62. The summed E-state index contributed by atoms with van der Waals surface area (Å²) in [4.78, 5) is 2.63. The average Bonchev–Trinajstić information content (AvgIpc) is 2.38. The molecule has 0 radical (unpaired) electrons. The molecule has 1 aromatic carbocycles. The Balaban J connectivity index is 2.19. The molecule has 0 unspecified atom stereocenters. The van der Waals surface area contributed by atoms with Crippen LogP contribution in [0, 0.1) is 5.92 Å². The molecule has 0 amide bonds. The van der Waals surface area contributed by atoms with E-state index in [1.165, 1.54) is 18.4 Å². The van der Waals surface area contributed by atoms with Gasteiger partial charge in [-0.3, -0.25) is 4.90 Å². The number of nitrogens with one attached hydrogen (secondary N) is 1. The molecule has 1 heterocycles. The second-order valence-electron chi connectivity index (χ2n) is 5.98. The molecular formula is C16H24Br2N2. The van der Waals surface area contributed by atoms with Gasteiger partial charge in [0.15, 0.2) is 0 Å². The van der Waals surface area contributed by atoms with Gasteiger partial charge in [0.1, 0.15) is 0 Å². The number of rotatable bonds is 5. The number of benzene rings is 1. The Kier molecular flexibility index (Phi) is 6.53. The van der Waals surface area contributed by atoms with E-state index in [2.05, 4.69) is 74.1 Å². The van der Waals surface area contributed by atoms with E-state index < -0.39 is 0 Å². The normalized spacial score (nSPS) is 18.4.